The molecule has 0 amide bonds. The van der Waals surface area contributed by atoms with Crippen LogP contribution in [0.25, 0.3) is 0 Å². The summed E-state index contributed by atoms with van der Waals surface area (Å²) in [6.07, 6.45) is -4.56. The van der Waals surface area contributed by atoms with Crippen LogP contribution in [0.3, 0.4) is 0 Å². The highest BCUT2D eigenvalue weighted by atomic mass is 35.5. The molecule has 1 rings (SSSR count). The Kier molecular flexibility index (Phi) is 3.99. The van der Waals surface area contributed by atoms with Gasteiger partial charge in [-0.15, -0.1) is 12.4 Å². The molecule has 7 heteroatoms. The number of halogens is 4. The first-order chi connectivity index (χ1) is 5.43. The minimum Gasteiger partial charge on any atom is -0.480 e. The van der Waals surface area contributed by atoms with Gasteiger partial charge in [0.2, 0.25) is 0 Å². The van der Waals surface area contributed by atoms with Crippen molar-refractivity contribution < 1.29 is 23.1 Å². The van der Waals surface area contributed by atoms with Crippen LogP contribution < -0.4 is 5.32 Å². The van der Waals surface area contributed by atoms with Gasteiger partial charge in [0.25, 0.3) is 0 Å². The van der Waals surface area contributed by atoms with Crippen LogP contribution in [0, 0.1) is 5.92 Å². The number of carboxylic acids is 1. The highest BCUT2D eigenvalue weighted by molar-refractivity contribution is 5.85. The Balaban J connectivity index is 0.00000144. The van der Waals surface area contributed by atoms with E-state index in [9.17, 15) is 18.0 Å². The van der Waals surface area contributed by atoms with Crippen molar-refractivity contribution in [2.45, 2.75) is 18.6 Å². The van der Waals surface area contributed by atoms with E-state index in [-0.39, 0.29) is 25.4 Å². The Bertz CT molecular complexity index is 197. The second-order valence-corrected chi connectivity index (χ2v) is 2.71. The third-order valence-corrected chi connectivity index (χ3v) is 1.91. The van der Waals surface area contributed by atoms with E-state index in [1.807, 2.05) is 0 Å². The number of aliphatic carboxylic acids is 1. The van der Waals surface area contributed by atoms with Gasteiger partial charge in [0.1, 0.15) is 6.04 Å². The van der Waals surface area contributed by atoms with Gasteiger partial charge < -0.3 is 10.4 Å². The Labute approximate surface area is 78.7 Å². The molecule has 0 aromatic carbocycles. The lowest BCUT2D eigenvalue weighted by atomic mass is 10.0. The Morgan fingerprint density at radius 2 is 2.00 bits per heavy atom. The van der Waals surface area contributed by atoms with E-state index in [2.05, 4.69) is 5.32 Å². The van der Waals surface area contributed by atoms with Gasteiger partial charge in [-0.3, -0.25) is 4.79 Å². The molecule has 0 aromatic rings. The molecule has 2 N–H and O–H groups in total. The molecule has 1 aliphatic heterocycles. The Morgan fingerprint density at radius 3 is 2.31 bits per heavy atom. The van der Waals surface area contributed by atoms with Crippen LogP contribution in [0.2, 0.25) is 0 Å². The lowest BCUT2D eigenvalue weighted by molar-refractivity contribution is -0.183. The van der Waals surface area contributed by atoms with Crippen LogP contribution in [-0.2, 0) is 4.79 Å². The SMILES string of the molecule is Cl.O=C(O)[C@H]1NCC[C@@H]1C(F)(F)F. The summed E-state index contributed by atoms with van der Waals surface area (Å²) in [6.45, 7) is 0.112. The average molecular weight is 220 g/mol. The molecule has 1 heterocycles. The van der Waals surface area contributed by atoms with Crippen LogP contribution in [0.4, 0.5) is 13.2 Å². The van der Waals surface area contributed by atoms with E-state index in [0.717, 1.165) is 0 Å². The monoisotopic (exact) mass is 219 g/mol. The molecular formula is C6H9ClF3NO2. The van der Waals surface area contributed by atoms with Crippen LogP contribution in [-0.4, -0.2) is 29.8 Å². The predicted octanol–water partition coefficient (Wildman–Crippen LogP) is 1.03. The quantitative estimate of drug-likeness (QED) is 0.693. The summed E-state index contributed by atoms with van der Waals surface area (Å²) in [5.41, 5.74) is 0. The lowest BCUT2D eigenvalue weighted by Crippen LogP contribution is -2.41. The number of alkyl halides is 3. The largest absolute Gasteiger partial charge is 0.480 e. The van der Waals surface area contributed by atoms with Gasteiger partial charge in [0, 0.05) is 0 Å². The summed E-state index contributed by atoms with van der Waals surface area (Å²) in [5.74, 6) is -3.18. The minimum absolute atomic E-state index is 0. The second-order valence-electron chi connectivity index (χ2n) is 2.71. The summed E-state index contributed by atoms with van der Waals surface area (Å²) < 4.78 is 36.2. The minimum atomic E-state index is -4.41. The van der Waals surface area contributed by atoms with E-state index in [4.69, 9.17) is 5.11 Å². The molecule has 0 saturated carbocycles. The molecule has 0 aromatic heterocycles. The Morgan fingerprint density at radius 1 is 1.46 bits per heavy atom. The summed E-state index contributed by atoms with van der Waals surface area (Å²) in [4.78, 5) is 10.3. The van der Waals surface area contributed by atoms with Crippen molar-refractivity contribution in [1.29, 1.82) is 0 Å². The maximum atomic E-state index is 12.1. The first kappa shape index (κ1) is 12.5. The van der Waals surface area contributed by atoms with Gasteiger partial charge in [-0.1, -0.05) is 0 Å². The molecule has 0 aliphatic carbocycles. The van der Waals surface area contributed by atoms with Crippen molar-refractivity contribution in [3.05, 3.63) is 0 Å². The third kappa shape index (κ3) is 2.73. The molecule has 0 unspecified atom stereocenters. The van der Waals surface area contributed by atoms with E-state index in [1.165, 1.54) is 0 Å². The molecule has 1 aliphatic rings. The maximum absolute atomic E-state index is 12.1. The Hall–Kier alpha value is -0.490. The van der Waals surface area contributed by atoms with Gasteiger partial charge in [-0.2, -0.15) is 13.2 Å². The molecule has 0 spiro atoms. The smallest absolute Gasteiger partial charge is 0.393 e. The van der Waals surface area contributed by atoms with Crippen molar-refractivity contribution in [2.75, 3.05) is 6.54 Å². The zero-order chi connectivity index (χ0) is 9.35. The molecule has 1 fully saturated rings. The molecule has 3 nitrogen and oxygen atoms in total. The second kappa shape index (κ2) is 4.15. The fourth-order valence-corrected chi connectivity index (χ4v) is 1.32. The molecule has 0 radical (unpaired) electrons. The van der Waals surface area contributed by atoms with Crippen molar-refractivity contribution in [2.24, 2.45) is 5.92 Å². The topological polar surface area (TPSA) is 49.3 Å². The first-order valence-electron chi connectivity index (χ1n) is 3.46. The van der Waals surface area contributed by atoms with E-state index >= 15 is 0 Å². The number of hydrogen-bond donors (Lipinski definition) is 2. The van der Waals surface area contributed by atoms with E-state index < -0.39 is 24.1 Å². The number of carboxylic acid groups (broad SMARTS) is 1. The van der Waals surface area contributed by atoms with Gasteiger partial charge >= 0.3 is 12.1 Å². The molecule has 78 valence electrons. The zero-order valence-corrected chi connectivity index (χ0v) is 7.28. The lowest BCUT2D eigenvalue weighted by Gasteiger charge is -2.18. The molecule has 0 bridgehead atoms. The summed E-state index contributed by atoms with van der Waals surface area (Å²) in [6, 6.07) is -1.47. The molecular weight excluding hydrogens is 211 g/mol. The predicted molar refractivity (Wildman–Crippen MR) is 40.8 cm³/mol. The maximum Gasteiger partial charge on any atom is 0.393 e. The third-order valence-electron chi connectivity index (χ3n) is 1.91. The van der Waals surface area contributed by atoms with Crippen molar-refractivity contribution in [1.82, 2.24) is 5.32 Å². The van der Waals surface area contributed by atoms with Crippen LogP contribution in [0.15, 0.2) is 0 Å². The fourth-order valence-electron chi connectivity index (χ4n) is 1.32. The van der Waals surface area contributed by atoms with Gasteiger partial charge in [-0.05, 0) is 13.0 Å². The highest BCUT2D eigenvalue weighted by Gasteiger charge is 2.49. The number of carbonyl (C=O) groups is 1. The van der Waals surface area contributed by atoms with Crippen molar-refractivity contribution >= 4 is 18.4 Å². The van der Waals surface area contributed by atoms with Crippen molar-refractivity contribution in [3.63, 3.8) is 0 Å². The average Bonchev–Trinajstić information content (AvgIpc) is 2.30. The van der Waals surface area contributed by atoms with E-state index in [0.29, 0.717) is 0 Å². The standard InChI is InChI=1S/C6H8F3NO2.ClH/c7-6(8,9)3-1-2-10-4(3)5(11)12;/h3-4,10H,1-2H2,(H,11,12);1H/t3-,4-;/m0./s1. The van der Waals surface area contributed by atoms with E-state index in [1.54, 1.807) is 0 Å². The summed E-state index contributed by atoms with van der Waals surface area (Å²) in [7, 11) is 0. The molecule has 13 heavy (non-hydrogen) atoms. The number of nitrogens with one attached hydrogen (secondary N) is 1. The normalized spacial score (nSPS) is 28.2. The molecule has 2 atom stereocenters. The fraction of sp³-hybridized carbons (Fsp3) is 0.833. The molecule has 1 saturated heterocycles. The van der Waals surface area contributed by atoms with Crippen LogP contribution in [0.5, 0.6) is 0 Å². The number of rotatable bonds is 1. The van der Waals surface area contributed by atoms with Gasteiger partial charge in [0.05, 0.1) is 5.92 Å². The van der Waals surface area contributed by atoms with Crippen molar-refractivity contribution in [3.8, 4) is 0 Å². The number of hydrogen-bond acceptors (Lipinski definition) is 2. The van der Waals surface area contributed by atoms with Gasteiger partial charge in [-0.25, -0.2) is 0 Å². The highest BCUT2D eigenvalue weighted by Crippen LogP contribution is 2.34. The summed E-state index contributed by atoms with van der Waals surface area (Å²) >= 11 is 0. The van der Waals surface area contributed by atoms with Crippen LogP contribution in [0.1, 0.15) is 6.42 Å². The van der Waals surface area contributed by atoms with Gasteiger partial charge in [0.15, 0.2) is 0 Å². The first-order valence-corrected chi connectivity index (χ1v) is 3.46. The van der Waals surface area contributed by atoms with Crippen LogP contribution >= 0.6 is 12.4 Å². The zero-order valence-electron chi connectivity index (χ0n) is 6.47. The summed E-state index contributed by atoms with van der Waals surface area (Å²) in [5, 5.41) is 10.7.